The van der Waals surface area contributed by atoms with E-state index in [1.54, 1.807) is 0 Å². The van der Waals surface area contributed by atoms with Gasteiger partial charge in [0.25, 0.3) is 0 Å². The van der Waals surface area contributed by atoms with Gasteiger partial charge in [-0.2, -0.15) is 8.42 Å². The predicted octanol–water partition coefficient (Wildman–Crippen LogP) is -0.658. The van der Waals surface area contributed by atoms with Crippen molar-refractivity contribution < 1.29 is 61.6 Å². The third-order valence-corrected chi connectivity index (χ3v) is 0. The molecule has 2 N–H and O–H groups in total. The Balaban J connectivity index is -0.0000000800. The van der Waals surface area contributed by atoms with Gasteiger partial charge in [-0.15, -0.1) is 0 Å². The number of hydrogen-bond donors (Lipinski definition) is 2. The quantitative estimate of drug-likeness (QED) is 0.434. The fourth-order valence-corrected chi connectivity index (χ4v) is 0. The van der Waals surface area contributed by atoms with Crippen LogP contribution in [0.1, 0.15) is 0 Å². The average Bonchev–Trinajstić information content (AvgIpc) is 0.722. The van der Waals surface area contributed by atoms with Crippen molar-refractivity contribution in [2.75, 3.05) is 0 Å². The maximum atomic E-state index is 8.74. The molecule has 0 saturated heterocycles. The summed E-state index contributed by atoms with van der Waals surface area (Å²) < 4.78 is 31.6. The van der Waals surface area contributed by atoms with E-state index in [1.165, 1.54) is 0 Å². The summed E-state index contributed by atoms with van der Waals surface area (Å²) in [5.74, 6) is 0. The van der Waals surface area contributed by atoms with Gasteiger partial charge in [0.05, 0.1) is 0 Å². The Bertz CT molecular complexity index is 94.9. The molecule has 0 atom stereocenters. The molecule has 0 saturated carbocycles. The van der Waals surface area contributed by atoms with E-state index in [9.17, 15) is 0 Å². The maximum absolute atomic E-state index is 8.74. The second-order valence-corrected chi connectivity index (χ2v) is 1.34. The van der Waals surface area contributed by atoms with Crippen molar-refractivity contribution in [2.24, 2.45) is 0 Å². The van der Waals surface area contributed by atoms with Gasteiger partial charge in [-0.25, -0.2) is 0 Å². The van der Waals surface area contributed by atoms with Crippen LogP contribution in [0.2, 0.25) is 0 Å². The zero-order chi connectivity index (χ0) is 4.50. The van der Waals surface area contributed by atoms with Crippen LogP contribution in [0.4, 0.5) is 0 Å². The summed E-state index contributed by atoms with van der Waals surface area (Å²) in [6.45, 7) is 0. The minimum Gasteiger partial charge on any atom is -0.264 e. The van der Waals surface area contributed by atoms with Crippen molar-refractivity contribution in [3.05, 3.63) is 0 Å². The van der Waals surface area contributed by atoms with Crippen molar-refractivity contribution in [2.45, 2.75) is 0 Å². The second-order valence-electron chi connectivity index (χ2n) is 0.448. The molecule has 1 radical (unpaired) electrons. The fourth-order valence-electron chi connectivity index (χ4n) is 0. The molecule has 0 unspecified atom stereocenters. The van der Waals surface area contributed by atoms with Gasteiger partial charge < -0.3 is 0 Å². The number of hydrogen-bond acceptors (Lipinski definition) is 2. The Hall–Kier alpha value is 1.32. The average molecular weight is 239 g/mol. The van der Waals surface area contributed by atoms with E-state index in [0.717, 1.165) is 0 Å². The molecule has 4 nitrogen and oxygen atoms in total. The van der Waals surface area contributed by atoms with Crippen molar-refractivity contribution in [1.29, 1.82) is 0 Å². The van der Waals surface area contributed by atoms with Crippen LogP contribution in [0.25, 0.3) is 0 Å². The summed E-state index contributed by atoms with van der Waals surface area (Å²) in [5.41, 5.74) is 0. The van der Waals surface area contributed by atoms with E-state index in [0.29, 0.717) is 0 Å². The summed E-state index contributed by atoms with van der Waals surface area (Å²) in [6, 6.07) is 0. The zero-order valence-corrected chi connectivity index (χ0v) is 7.64. The summed E-state index contributed by atoms with van der Waals surface area (Å²) in [4.78, 5) is 0. The van der Waals surface area contributed by atoms with Crippen LogP contribution in [-0.4, -0.2) is 17.5 Å². The smallest absolute Gasteiger partial charge is 0.264 e. The molecule has 0 fully saturated rings. The van der Waals surface area contributed by atoms with Gasteiger partial charge >= 0.3 is 10.4 Å². The normalized spacial score (nSPS) is 8.29. The second kappa shape index (κ2) is 5.46. The van der Waals surface area contributed by atoms with E-state index in [-0.39, 0.29) is 44.1 Å². The van der Waals surface area contributed by atoms with E-state index in [2.05, 4.69) is 0 Å². The minimum atomic E-state index is -4.67. The molecule has 41 valence electrons. The molecule has 0 aliphatic rings. The molecule has 0 rings (SSSR count). The Morgan fingerprint density at radius 3 is 1.14 bits per heavy atom. The molecule has 0 bridgehead atoms. The van der Waals surface area contributed by atoms with Crippen LogP contribution in [0.3, 0.4) is 0 Å². The van der Waals surface area contributed by atoms with E-state index < -0.39 is 10.4 Å². The summed E-state index contributed by atoms with van der Waals surface area (Å²) >= 11 is 0. The molecule has 0 amide bonds. The van der Waals surface area contributed by atoms with Crippen LogP contribution < -0.4 is 0 Å². The van der Waals surface area contributed by atoms with E-state index in [1.807, 2.05) is 0 Å². The fraction of sp³-hybridized carbons (Fsp3) is 0. The Morgan fingerprint density at radius 1 is 1.14 bits per heavy atom. The van der Waals surface area contributed by atoms with Crippen LogP contribution in [0.5, 0.6) is 0 Å². The van der Waals surface area contributed by atoms with Gasteiger partial charge in [0, 0.05) is 44.1 Å². The van der Waals surface area contributed by atoms with Crippen LogP contribution in [-0.2, 0) is 54.5 Å². The molecule has 0 aliphatic heterocycles. The molecule has 7 heavy (non-hydrogen) atoms. The molecule has 0 heterocycles. The zero-order valence-electron chi connectivity index (χ0n) is 3.07. The van der Waals surface area contributed by atoms with Gasteiger partial charge in [-0.3, -0.25) is 9.11 Å². The molecule has 0 spiro atoms. The molecule has 7 heteroatoms. The Kier molecular flexibility index (Phi) is 12.3. The van der Waals surface area contributed by atoms with Crippen molar-refractivity contribution in [3.63, 3.8) is 0 Å². The first-order valence-corrected chi connectivity index (χ1v) is 2.10. The Labute approximate surface area is 71.6 Å². The van der Waals surface area contributed by atoms with Gasteiger partial charge in [-0.05, 0) is 0 Å². The van der Waals surface area contributed by atoms with E-state index in [4.69, 9.17) is 17.5 Å². The molecule has 0 aromatic carbocycles. The van der Waals surface area contributed by atoms with Crippen molar-refractivity contribution >= 4 is 10.4 Å². The van der Waals surface area contributed by atoms with Gasteiger partial charge in [0.2, 0.25) is 0 Å². The van der Waals surface area contributed by atoms with Crippen LogP contribution in [0, 0.1) is 0 Å². The third-order valence-electron chi connectivity index (χ3n) is 0. The monoisotopic (exact) mass is 239 g/mol. The molecular weight excluding hydrogens is 237 g/mol. The predicted molar refractivity (Wildman–Crippen MR) is 14.2 cm³/mol. The summed E-state index contributed by atoms with van der Waals surface area (Å²) in [5, 5.41) is 0. The largest absolute Gasteiger partial charge is 0.394 e. The van der Waals surface area contributed by atoms with Gasteiger partial charge in [-0.1, -0.05) is 0 Å². The van der Waals surface area contributed by atoms with Crippen LogP contribution >= 0.6 is 0 Å². The standard InChI is InChI=1S/Nb.H2O4S.Ti/c;1-5(2,3)4;/h;(H2,1,2,3,4);. The van der Waals surface area contributed by atoms with Gasteiger partial charge in [0.15, 0.2) is 0 Å². The first-order valence-electron chi connectivity index (χ1n) is 0.698. The molecule has 0 aromatic heterocycles. The van der Waals surface area contributed by atoms with Crippen LogP contribution in [0.15, 0.2) is 0 Å². The summed E-state index contributed by atoms with van der Waals surface area (Å²) in [6.07, 6.45) is 0. The SMILES string of the molecule is O=S(=O)(O)O.[Nb].[Ti]. The van der Waals surface area contributed by atoms with Crippen molar-refractivity contribution in [1.82, 2.24) is 0 Å². The molecule has 0 aromatic rings. The molecule has 0 aliphatic carbocycles. The van der Waals surface area contributed by atoms with Crippen molar-refractivity contribution in [3.8, 4) is 0 Å². The van der Waals surface area contributed by atoms with Gasteiger partial charge in [0.1, 0.15) is 0 Å². The molecular formula is H2NbO4STi. The first-order chi connectivity index (χ1) is 2.00. The van der Waals surface area contributed by atoms with E-state index >= 15 is 0 Å². The first kappa shape index (κ1) is 15.8. The topological polar surface area (TPSA) is 74.6 Å². The maximum Gasteiger partial charge on any atom is 0.394 e. The Morgan fingerprint density at radius 2 is 1.14 bits per heavy atom. The number of rotatable bonds is 0. The minimum absolute atomic E-state index is 0. The summed E-state index contributed by atoms with van der Waals surface area (Å²) in [7, 11) is -4.67. The third kappa shape index (κ3) is 118.